The van der Waals surface area contributed by atoms with Crippen molar-refractivity contribution >= 4 is 27.3 Å². The molecule has 3 rings (SSSR count). The van der Waals surface area contributed by atoms with Crippen molar-refractivity contribution in [2.45, 2.75) is 31.6 Å². The molecule has 1 aliphatic carbocycles. The largest absolute Gasteiger partial charge is 0.395 e. The second-order valence-electron chi connectivity index (χ2n) is 5.20. The van der Waals surface area contributed by atoms with Crippen molar-refractivity contribution in [1.82, 2.24) is 4.98 Å². The number of rotatable bonds is 3. The molecule has 100 valence electrons. The van der Waals surface area contributed by atoms with Crippen LogP contribution in [0.2, 0.25) is 0 Å². The minimum Gasteiger partial charge on any atom is -0.395 e. The summed E-state index contributed by atoms with van der Waals surface area (Å²) in [5, 5.41) is 10.8. The van der Waals surface area contributed by atoms with E-state index in [1.165, 1.54) is 11.3 Å². The topological polar surface area (TPSA) is 33.1 Å². The fourth-order valence-corrected chi connectivity index (χ4v) is 4.21. The Labute approximate surface area is 125 Å². The van der Waals surface area contributed by atoms with Crippen molar-refractivity contribution in [1.29, 1.82) is 0 Å². The fourth-order valence-electron chi connectivity index (χ4n) is 2.57. The summed E-state index contributed by atoms with van der Waals surface area (Å²) in [4.78, 5) is 6.06. The summed E-state index contributed by atoms with van der Waals surface area (Å²) in [5.41, 5.74) is 2.12. The molecule has 2 nitrogen and oxygen atoms in total. The SMILES string of the molecule is Cc1sc(C2(CO)CCC2)nc1-c1ccccc1Br. The van der Waals surface area contributed by atoms with Crippen LogP contribution in [0.15, 0.2) is 28.7 Å². The second-order valence-corrected chi connectivity index (χ2v) is 7.25. The van der Waals surface area contributed by atoms with Gasteiger partial charge in [-0.05, 0) is 25.8 Å². The molecule has 1 N–H and O–H groups in total. The second kappa shape index (κ2) is 5.00. The summed E-state index contributed by atoms with van der Waals surface area (Å²) in [5.74, 6) is 0. The predicted molar refractivity (Wildman–Crippen MR) is 82.6 cm³/mol. The molecule has 0 amide bonds. The summed E-state index contributed by atoms with van der Waals surface area (Å²) < 4.78 is 1.07. The number of aryl methyl sites for hydroxylation is 1. The van der Waals surface area contributed by atoms with Crippen LogP contribution in [0.5, 0.6) is 0 Å². The first-order valence-corrected chi connectivity index (χ1v) is 8.11. The summed E-state index contributed by atoms with van der Waals surface area (Å²) in [6.45, 7) is 2.33. The van der Waals surface area contributed by atoms with Crippen LogP contribution in [0.3, 0.4) is 0 Å². The van der Waals surface area contributed by atoms with E-state index in [9.17, 15) is 5.11 Å². The molecule has 1 aromatic heterocycles. The third-order valence-corrected chi connectivity index (χ3v) is 5.90. The van der Waals surface area contributed by atoms with Crippen LogP contribution in [0.25, 0.3) is 11.3 Å². The van der Waals surface area contributed by atoms with Gasteiger partial charge in [0.05, 0.1) is 12.3 Å². The normalized spacial score (nSPS) is 17.2. The van der Waals surface area contributed by atoms with Crippen LogP contribution < -0.4 is 0 Å². The van der Waals surface area contributed by atoms with Crippen LogP contribution >= 0.6 is 27.3 Å². The van der Waals surface area contributed by atoms with E-state index in [0.29, 0.717) is 0 Å². The Morgan fingerprint density at radius 2 is 2.11 bits per heavy atom. The van der Waals surface area contributed by atoms with Gasteiger partial charge >= 0.3 is 0 Å². The van der Waals surface area contributed by atoms with E-state index in [4.69, 9.17) is 4.98 Å². The number of thiazole rings is 1. The molecule has 0 saturated heterocycles. The highest BCUT2D eigenvalue weighted by molar-refractivity contribution is 9.10. The van der Waals surface area contributed by atoms with Gasteiger partial charge in [-0.1, -0.05) is 40.5 Å². The lowest BCUT2D eigenvalue weighted by molar-refractivity contribution is 0.120. The summed E-state index contributed by atoms with van der Waals surface area (Å²) in [6.07, 6.45) is 3.32. The lowest BCUT2D eigenvalue weighted by Crippen LogP contribution is -2.37. The van der Waals surface area contributed by atoms with Gasteiger partial charge < -0.3 is 5.11 Å². The number of aliphatic hydroxyl groups excluding tert-OH is 1. The lowest BCUT2D eigenvalue weighted by Gasteiger charge is -2.38. The fraction of sp³-hybridized carbons (Fsp3) is 0.400. The Balaban J connectivity index is 2.05. The Morgan fingerprint density at radius 1 is 1.37 bits per heavy atom. The first-order chi connectivity index (χ1) is 9.16. The molecular weight excluding hydrogens is 322 g/mol. The Hall–Kier alpha value is -0.710. The number of aromatic nitrogens is 1. The van der Waals surface area contributed by atoms with Gasteiger partial charge in [-0.25, -0.2) is 4.98 Å². The van der Waals surface area contributed by atoms with E-state index in [2.05, 4.69) is 28.9 Å². The number of benzene rings is 1. The standard InChI is InChI=1S/C15H16BrNOS/c1-10-13(11-5-2-3-6-12(11)16)17-14(19-10)15(9-18)7-4-8-15/h2-3,5-6,18H,4,7-9H2,1H3. The van der Waals surface area contributed by atoms with Gasteiger partial charge in [-0.2, -0.15) is 0 Å². The minimum atomic E-state index is -0.0606. The van der Waals surface area contributed by atoms with Gasteiger partial charge in [0.15, 0.2) is 0 Å². The molecule has 0 bridgehead atoms. The monoisotopic (exact) mass is 337 g/mol. The number of aliphatic hydroxyl groups is 1. The average Bonchev–Trinajstić information content (AvgIpc) is 2.72. The van der Waals surface area contributed by atoms with Crippen LogP contribution in [0.1, 0.15) is 29.1 Å². The molecule has 2 aromatic rings. The van der Waals surface area contributed by atoms with E-state index in [1.807, 2.05) is 18.2 Å². The highest BCUT2D eigenvalue weighted by atomic mass is 79.9. The molecule has 0 radical (unpaired) electrons. The summed E-state index contributed by atoms with van der Waals surface area (Å²) in [6, 6.07) is 8.17. The summed E-state index contributed by atoms with van der Waals surface area (Å²) >= 11 is 5.32. The molecule has 1 saturated carbocycles. The van der Waals surface area contributed by atoms with Crippen molar-refractivity contribution in [2.75, 3.05) is 6.61 Å². The maximum atomic E-state index is 9.67. The van der Waals surface area contributed by atoms with Gasteiger partial charge in [0.1, 0.15) is 5.01 Å². The van der Waals surface area contributed by atoms with Gasteiger partial charge in [-0.3, -0.25) is 0 Å². The van der Waals surface area contributed by atoms with Gasteiger partial charge in [0.25, 0.3) is 0 Å². The predicted octanol–water partition coefficient (Wildman–Crippen LogP) is 4.30. The van der Waals surface area contributed by atoms with E-state index in [0.717, 1.165) is 33.6 Å². The molecular formula is C15H16BrNOS. The number of hydrogen-bond acceptors (Lipinski definition) is 3. The molecule has 1 aliphatic rings. The van der Waals surface area contributed by atoms with Gasteiger partial charge in [0, 0.05) is 20.3 Å². The van der Waals surface area contributed by atoms with Gasteiger partial charge in [0.2, 0.25) is 0 Å². The van der Waals surface area contributed by atoms with E-state index >= 15 is 0 Å². The number of halogens is 1. The zero-order valence-corrected chi connectivity index (χ0v) is 13.2. The van der Waals surface area contributed by atoms with Crippen molar-refractivity contribution in [3.63, 3.8) is 0 Å². The molecule has 1 fully saturated rings. The number of nitrogens with zero attached hydrogens (tertiary/aromatic N) is 1. The van der Waals surface area contributed by atoms with Crippen molar-refractivity contribution in [2.24, 2.45) is 0 Å². The third-order valence-electron chi connectivity index (χ3n) is 3.99. The highest BCUT2D eigenvalue weighted by Crippen LogP contribution is 2.46. The smallest absolute Gasteiger partial charge is 0.102 e. The Morgan fingerprint density at radius 3 is 2.68 bits per heavy atom. The molecule has 4 heteroatoms. The van der Waals surface area contributed by atoms with Crippen molar-refractivity contribution in [3.05, 3.63) is 38.6 Å². The molecule has 0 spiro atoms. The molecule has 1 heterocycles. The van der Waals surface area contributed by atoms with Gasteiger partial charge in [-0.15, -0.1) is 11.3 Å². The van der Waals surface area contributed by atoms with Crippen molar-refractivity contribution in [3.8, 4) is 11.3 Å². The molecule has 1 aromatic carbocycles. The first-order valence-electron chi connectivity index (χ1n) is 6.50. The van der Waals surface area contributed by atoms with E-state index in [1.54, 1.807) is 11.3 Å². The van der Waals surface area contributed by atoms with Crippen LogP contribution in [0.4, 0.5) is 0 Å². The van der Waals surface area contributed by atoms with E-state index < -0.39 is 0 Å². The van der Waals surface area contributed by atoms with E-state index in [-0.39, 0.29) is 12.0 Å². The molecule has 0 atom stereocenters. The Kier molecular flexibility index (Phi) is 3.50. The zero-order valence-electron chi connectivity index (χ0n) is 10.8. The van der Waals surface area contributed by atoms with Crippen LogP contribution in [0, 0.1) is 6.92 Å². The quantitative estimate of drug-likeness (QED) is 0.905. The minimum absolute atomic E-state index is 0.0606. The number of hydrogen-bond donors (Lipinski definition) is 1. The molecule has 19 heavy (non-hydrogen) atoms. The van der Waals surface area contributed by atoms with Crippen LogP contribution in [-0.2, 0) is 5.41 Å². The zero-order chi connectivity index (χ0) is 13.5. The lowest BCUT2D eigenvalue weighted by atomic mass is 9.70. The molecule has 0 unspecified atom stereocenters. The first kappa shape index (κ1) is 13.3. The third kappa shape index (κ3) is 2.16. The molecule has 0 aliphatic heterocycles. The van der Waals surface area contributed by atoms with Crippen LogP contribution in [-0.4, -0.2) is 16.7 Å². The maximum absolute atomic E-state index is 9.67. The highest BCUT2D eigenvalue weighted by Gasteiger charge is 2.41. The average molecular weight is 338 g/mol. The maximum Gasteiger partial charge on any atom is 0.102 e. The van der Waals surface area contributed by atoms with Crippen molar-refractivity contribution < 1.29 is 5.11 Å². The summed E-state index contributed by atoms with van der Waals surface area (Å²) in [7, 11) is 0. The Bertz CT molecular complexity index is 598.